The molecular formula is C21H30N4O4. The summed E-state index contributed by atoms with van der Waals surface area (Å²) in [4.78, 5) is 15.5. The van der Waals surface area contributed by atoms with Crippen molar-refractivity contribution in [1.82, 2.24) is 14.9 Å². The third-order valence-corrected chi connectivity index (χ3v) is 5.50. The maximum Gasteiger partial charge on any atom is 0.312 e. The number of aryl methyl sites for hydroxylation is 1. The van der Waals surface area contributed by atoms with Crippen molar-refractivity contribution >= 4 is 17.1 Å². The summed E-state index contributed by atoms with van der Waals surface area (Å²) in [6.45, 7) is 2.35. The summed E-state index contributed by atoms with van der Waals surface area (Å²) in [5.41, 5.74) is 7.06. The van der Waals surface area contributed by atoms with E-state index in [-0.39, 0.29) is 18.2 Å². The monoisotopic (exact) mass is 402 g/mol. The normalized spacial score (nSPS) is 23.0. The second-order valence-electron chi connectivity index (χ2n) is 8.18. The van der Waals surface area contributed by atoms with Crippen molar-refractivity contribution in [3.8, 4) is 11.8 Å². The lowest BCUT2D eigenvalue weighted by molar-refractivity contribution is -0.00549. The number of nitrogens with one attached hydrogen (secondary N) is 1. The molecule has 2 fully saturated rings. The van der Waals surface area contributed by atoms with Crippen molar-refractivity contribution < 1.29 is 19.0 Å². The molecule has 3 N–H and O–H groups in total. The Morgan fingerprint density at radius 3 is 2.52 bits per heavy atom. The fourth-order valence-electron chi connectivity index (χ4n) is 3.74. The molecule has 0 radical (unpaired) electrons. The number of hydrogen-bond acceptors (Lipinski definition) is 5. The summed E-state index contributed by atoms with van der Waals surface area (Å²) in [6, 6.07) is 6.05. The van der Waals surface area contributed by atoms with Gasteiger partial charge in [-0.05, 0) is 57.6 Å². The minimum atomic E-state index is -0.521. The Kier molecular flexibility index (Phi) is 5.80. The maximum absolute atomic E-state index is 10.9. The van der Waals surface area contributed by atoms with Crippen molar-refractivity contribution in [3.05, 3.63) is 18.2 Å². The lowest BCUT2D eigenvalue weighted by Crippen LogP contribution is -2.40. The number of urea groups is 1. The number of nitrogens with zero attached hydrogens (tertiary/aromatic N) is 2. The van der Waals surface area contributed by atoms with Crippen LogP contribution >= 0.6 is 0 Å². The number of benzene rings is 1. The number of carbonyl (C=O) groups is 1. The average molecular weight is 402 g/mol. The van der Waals surface area contributed by atoms with Crippen molar-refractivity contribution in [2.45, 2.75) is 69.8 Å². The predicted octanol–water partition coefficient (Wildman–Crippen LogP) is 2.88. The van der Waals surface area contributed by atoms with Gasteiger partial charge >= 0.3 is 6.03 Å². The minimum Gasteiger partial charge on any atom is -0.490 e. The minimum absolute atomic E-state index is 0.0877. The number of fused-ring (bicyclic) bond motifs is 1. The van der Waals surface area contributed by atoms with Gasteiger partial charge in [-0.2, -0.15) is 4.98 Å². The zero-order chi connectivity index (χ0) is 20.4. The number of rotatable bonds is 8. The highest BCUT2D eigenvalue weighted by Gasteiger charge is 2.26. The van der Waals surface area contributed by atoms with Crippen LogP contribution in [0.3, 0.4) is 0 Å². The molecule has 0 saturated heterocycles. The van der Waals surface area contributed by atoms with Crippen molar-refractivity contribution in [3.63, 3.8) is 0 Å². The zero-order valence-electron chi connectivity index (χ0n) is 17.1. The van der Waals surface area contributed by atoms with E-state index < -0.39 is 6.03 Å². The predicted molar refractivity (Wildman–Crippen MR) is 109 cm³/mol. The SMILES string of the molecule is C[C@@H](COC1CCC(Oc2nc3ccc(OC4CC4)cc3n2C)CC1)NC(N)=O. The van der Waals surface area contributed by atoms with Gasteiger partial charge < -0.3 is 25.3 Å². The highest BCUT2D eigenvalue weighted by molar-refractivity contribution is 5.78. The van der Waals surface area contributed by atoms with Gasteiger partial charge in [0.15, 0.2) is 0 Å². The molecule has 29 heavy (non-hydrogen) atoms. The summed E-state index contributed by atoms with van der Waals surface area (Å²) in [5, 5.41) is 2.63. The lowest BCUT2D eigenvalue weighted by Gasteiger charge is -2.29. The summed E-state index contributed by atoms with van der Waals surface area (Å²) in [6.07, 6.45) is 6.68. The Labute approximate surface area is 170 Å². The highest BCUT2D eigenvalue weighted by Crippen LogP contribution is 2.31. The highest BCUT2D eigenvalue weighted by atomic mass is 16.5. The van der Waals surface area contributed by atoms with E-state index in [2.05, 4.69) is 10.3 Å². The maximum atomic E-state index is 10.9. The molecule has 2 aliphatic rings. The summed E-state index contributed by atoms with van der Waals surface area (Å²) in [5.74, 6) is 0.896. The molecule has 0 bridgehead atoms. The quantitative estimate of drug-likeness (QED) is 0.707. The molecule has 2 amide bonds. The largest absolute Gasteiger partial charge is 0.490 e. The number of amides is 2. The third kappa shape index (κ3) is 5.12. The standard InChI is InChI=1S/C21H30N4O4/c1-13(23-20(22)26)12-27-14-3-5-16(6-4-14)29-21-24-18-10-9-17(28-15-7-8-15)11-19(18)25(21)2/h9-11,13-16H,3-8,12H2,1-2H3,(H3,22,23,26)/t13-,14?,16?/m0/s1. The summed E-state index contributed by atoms with van der Waals surface area (Å²) in [7, 11) is 1.98. The van der Waals surface area contributed by atoms with Crippen LogP contribution in [0.2, 0.25) is 0 Å². The number of aromatic nitrogens is 2. The van der Waals surface area contributed by atoms with Crippen LogP contribution in [0.1, 0.15) is 45.4 Å². The molecule has 0 aliphatic heterocycles. The van der Waals surface area contributed by atoms with Crippen LogP contribution in [-0.4, -0.2) is 46.5 Å². The van der Waals surface area contributed by atoms with E-state index in [0.29, 0.717) is 18.7 Å². The molecule has 1 aromatic carbocycles. The number of ether oxygens (including phenoxy) is 3. The van der Waals surface area contributed by atoms with Gasteiger partial charge in [0.1, 0.15) is 11.9 Å². The third-order valence-electron chi connectivity index (χ3n) is 5.50. The molecular weight excluding hydrogens is 372 g/mol. The van der Waals surface area contributed by atoms with Crippen LogP contribution in [-0.2, 0) is 11.8 Å². The Bertz CT molecular complexity index is 856. The van der Waals surface area contributed by atoms with Crippen LogP contribution < -0.4 is 20.5 Å². The van der Waals surface area contributed by atoms with Crippen LogP contribution in [0.4, 0.5) is 4.79 Å². The Balaban J connectivity index is 1.29. The van der Waals surface area contributed by atoms with Gasteiger partial charge in [-0.25, -0.2) is 4.79 Å². The molecule has 2 saturated carbocycles. The molecule has 1 heterocycles. The van der Waals surface area contributed by atoms with Crippen LogP contribution in [0.25, 0.3) is 11.0 Å². The van der Waals surface area contributed by atoms with Crippen LogP contribution in [0.15, 0.2) is 18.2 Å². The van der Waals surface area contributed by atoms with Crippen molar-refractivity contribution in [2.24, 2.45) is 12.8 Å². The van der Waals surface area contributed by atoms with E-state index >= 15 is 0 Å². The first-order chi connectivity index (χ1) is 14.0. The van der Waals surface area contributed by atoms with E-state index in [1.54, 1.807) is 0 Å². The number of imidazole rings is 1. The molecule has 8 heteroatoms. The van der Waals surface area contributed by atoms with Gasteiger partial charge in [0, 0.05) is 13.1 Å². The first-order valence-corrected chi connectivity index (χ1v) is 10.5. The van der Waals surface area contributed by atoms with Crippen molar-refractivity contribution in [2.75, 3.05) is 6.61 Å². The van der Waals surface area contributed by atoms with E-state index in [0.717, 1.165) is 55.3 Å². The van der Waals surface area contributed by atoms with Crippen molar-refractivity contribution in [1.29, 1.82) is 0 Å². The summed E-state index contributed by atoms with van der Waals surface area (Å²) < 4.78 is 20.0. The summed E-state index contributed by atoms with van der Waals surface area (Å²) >= 11 is 0. The second kappa shape index (κ2) is 8.49. The first-order valence-electron chi connectivity index (χ1n) is 10.5. The second-order valence-corrected chi connectivity index (χ2v) is 8.18. The molecule has 158 valence electrons. The Hall–Kier alpha value is -2.48. The van der Waals surface area contributed by atoms with E-state index in [4.69, 9.17) is 19.9 Å². The Morgan fingerprint density at radius 1 is 1.17 bits per heavy atom. The molecule has 0 unspecified atom stereocenters. The van der Waals surface area contributed by atoms with Gasteiger partial charge in [-0.15, -0.1) is 0 Å². The topological polar surface area (TPSA) is 101 Å². The average Bonchev–Trinajstić information content (AvgIpc) is 3.45. The molecule has 1 aromatic heterocycles. The van der Waals surface area contributed by atoms with Crippen LogP contribution in [0.5, 0.6) is 11.8 Å². The number of hydrogen-bond donors (Lipinski definition) is 2. The molecule has 1 atom stereocenters. The van der Waals surface area contributed by atoms with Gasteiger partial charge in [0.05, 0.1) is 35.9 Å². The van der Waals surface area contributed by atoms with Gasteiger partial charge in [-0.3, -0.25) is 4.57 Å². The fourth-order valence-corrected chi connectivity index (χ4v) is 3.74. The number of primary amides is 1. The number of nitrogens with two attached hydrogens (primary N) is 1. The lowest BCUT2D eigenvalue weighted by atomic mass is 9.95. The fraction of sp³-hybridized carbons (Fsp3) is 0.619. The molecule has 2 aromatic rings. The van der Waals surface area contributed by atoms with Gasteiger partial charge in [0.25, 0.3) is 6.01 Å². The van der Waals surface area contributed by atoms with Crippen LogP contribution in [0, 0.1) is 0 Å². The molecule has 4 rings (SSSR count). The van der Waals surface area contributed by atoms with E-state index in [9.17, 15) is 4.79 Å². The first kappa shape index (κ1) is 19.8. The number of carbonyl (C=O) groups excluding carboxylic acids is 1. The van der Waals surface area contributed by atoms with E-state index in [1.807, 2.05) is 36.7 Å². The van der Waals surface area contributed by atoms with Gasteiger partial charge in [-0.1, -0.05) is 0 Å². The smallest absolute Gasteiger partial charge is 0.312 e. The van der Waals surface area contributed by atoms with Gasteiger partial charge in [0.2, 0.25) is 0 Å². The molecule has 0 spiro atoms. The molecule has 8 nitrogen and oxygen atoms in total. The zero-order valence-corrected chi connectivity index (χ0v) is 17.1. The molecule has 2 aliphatic carbocycles. The van der Waals surface area contributed by atoms with E-state index in [1.165, 1.54) is 0 Å². The Morgan fingerprint density at radius 2 is 1.83 bits per heavy atom.